The van der Waals surface area contributed by atoms with Crippen LogP contribution in [0.5, 0.6) is 0 Å². The fourth-order valence-corrected chi connectivity index (χ4v) is 4.94. The van der Waals surface area contributed by atoms with Crippen LogP contribution < -0.4 is 4.90 Å². The Morgan fingerprint density at radius 3 is 2.63 bits per heavy atom. The molecule has 27 heavy (non-hydrogen) atoms. The third kappa shape index (κ3) is 3.19. The molecular weight excluding hydrogens is 378 g/mol. The largest absolute Gasteiger partial charge is 0.355 e. The van der Waals surface area contributed by atoms with Crippen molar-refractivity contribution in [2.24, 2.45) is 0 Å². The van der Waals surface area contributed by atoms with Crippen LogP contribution in [0, 0.1) is 0 Å². The predicted octanol–water partition coefficient (Wildman–Crippen LogP) is 5.05. The van der Waals surface area contributed by atoms with Crippen molar-refractivity contribution in [1.29, 1.82) is 0 Å². The van der Waals surface area contributed by atoms with Gasteiger partial charge in [0.2, 0.25) is 0 Å². The van der Waals surface area contributed by atoms with E-state index in [1.165, 1.54) is 4.88 Å². The lowest BCUT2D eigenvalue weighted by Gasteiger charge is -2.33. The van der Waals surface area contributed by atoms with Crippen LogP contribution in [0.4, 0.5) is 5.82 Å². The smallest absolute Gasteiger partial charge is 0.150 e. The van der Waals surface area contributed by atoms with Gasteiger partial charge in [-0.15, -0.1) is 11.3 Å². The van der Waals surface area contributed by atoms with Gasteiger partial charge in [0.1, 0.15) is 12.1 Å². The first-order valence-corrected chi connectivity index (χ1v) is 10.2. The van der Waals surface area contributed by atoms with Gasteiger partial charge in [0.05, 0.1) is 16.5 Å². The highest BCUT2D eigenvalue weighted by atomic mass is 35.5. The van der Waals surface area contributed by atoms with Gasteiger partial charge < -0.3 is 9.47 Å². The number of thiophene rings is 1. The SMILES string of the molecule is Clc1ccc(-c2cc3ncnc(N4CCC(n5ccnc5)CC4)c3s2)cc1. The van der Waals surface area contributed by atoms with Crippen LogP contribution in [0.2, 0.25) is 5.02 Å². The van der Waals surface area contributed by atoms with Crippen molar-refractivity contribution in [3.8, 4) is 10.4 Å². The number of fused-ring (bicyclic) bond motifs is 1. The van der Waals surface area contributed by atoms with Gasteiger partial charge in [-0.25, -0.2) is 15.0 Å². The Morgan fingerprint density at radius 2 is 1.89 bits per heavy atom. The summed E-state index contributed by atoms with van der Waals surface area (Å²) in [7, 11) is 0. The van der Waals surface area contributed by atoms with E-state index in [0.717, 1.165) is 52.6 Å². The zero-order valence-electron chi connectivity index (χ0n) is 14.6. The number of hydrogen-bond donors (Lipinski definition) is 0. The molecule has 0 radical (unpaired) electrons. The fraction of sp³-hybridized carbons (Fsp3) is 0.250. The van der Waals surface area contributed by atoms with Crippen LogP contribution in [-0.4, -0.2) is 32.6 Å². The van der Waals surface area contributed by atoms with Gasteiger partial charge in [-0.05, 0) is 36.6 Å². The average Bonchev–Trinajstić information content (AvgIpc) is 3.38. The van der Waals surface area contributed by atoms with E-state index in [1.807, 2.05) is 24.7 Å². The molecule has 4 aromatic rings. The van der Waals surface area contributed by atoms with Gasteiger partial charge >= 0.3 is 0 Å². The van der Waals surface area contributed by atoms with E-state index in [1.54, 1.807) is 17.7 Å². The van der Waals surface area contributed by atoms with Gasteiger partial charge in [-0.3, -0.25) is 0 Å². The van der Waals surface area contributed by atoms with Crippen LogP contribution in [0.25, 0.3) is 20.7 Å². The lowest BCUT2D eigenvalue weighted by molar-refractivity contribution is 0.395. The Bertz CT molecular complexity index is 1050. The number of nitrogens with zero attached hydrogens (tertiary/aromatic N) is 5. The van der Waals surface area contributed by atoms with Crippen molar-refractivity contribution in [1.82, 2.24) is 19.5 Å². The normalized spacial score (nSPS) is 15.5. The summed E-state index contributed by atoms with van der Waals surface area (Å²) in [6, 6.07) is 10.6. The number of hydrogen-bond acceptors (Lipinski definition) is 5. The number of aromatic nitrogens is 4. The molecule has 136 valence electrons. The molecule has 1 aliphatic heterocycles. The molecule has 0 atom stereocenters. The van der Waals surface area contributed by atoms with E-state index in [-0.39, 0.29) is 0 Å². The fourth-order valence-electron chi connectivity index (χ4n) is 3.68. The summed E-state index contributed by atoms with van der Waals surface area (Å²) in [6.07, 6.45) is 9.69. The number of piperidine rings is 1. The first-order valence-electron chi connectivity index (χ1n) is 9.01. The quantitative estimate of drug-likeness (QED) is 0.487. The molecule has 0 bridgehead atoms. The highest BCUT2D eigenvalue weighted by molar-refractivity contribution is 7.22. The Balaban J connectivity index is 1.43. The minimum atomic E-state index is 0.522. The topological polar surface area (TPSA) is 46.8 Å². The van der Waals surface area contributed by atoms with Crippen LogP contribution in [0.3, 0.4) is 0 Å². The second kappa shape index (κ2) is 6.94. The number of anilines is 1. The Kier molecular flexibility index (Phi) is 4.30. The molecule has 5 nitrogen and oxygen atoms in total. The minimum absolute atomic E-state index is 0.522. The van der Waals surface area contributed by atoms with E-state index >= 15 is 0 Å². The van der Waals surface area contributed by atoms with Crippen molar-refractivity contribution in [2.45, 2.75) is 18.9 Å². The maximum atomic E-state index is 6.02. The van der Waals surface area contributed by atoms with Crippen molar-refractivity contribution in [2.75, 3.05) is 18.0 Å². The van der Waals surface area contributed by atoms with Gasteiger partial charge in [0, 0.05) is 41.4 Å². The lowest BCUT2D eigenvalue weighted by atomic mass is 10.1. The number of halogens is 1. The third-order valence-corrected chi connectivity index (χ3v) is 6.55. The maximum absolute atomic E-state index is 6.02. The first-order chi connectivity index (χ1) is 13.3. The summed E-state index contributed by atoms with van der Waals surface area (Å²) >= 11 is 7.77. The molecule has 4 heterocycles. The monoisotopic (exact) mass is 395 g/mol. The maximum Gasteiger partial charge on any atom is 0.150 e. The Morgan fingerprint density at radius 1 is 1.07 bits per heavy atom. The predicted molar refractivity (Wildman–Crippen MR) is 111 cm³/mol. The van der Waals surface area contributed by atoms with Crippen LogP contribution in [0.1, 0.15) is 18.9 Å². The third-order valence-electron chi connectivity index (χ3n) is 5.13. The van der Waals surface area contributed by atoms with E-state index < -0.39 is 0 Å². The lowest BCUT2D eigenvalue weighted by Crippen LogP contribution is -2.35. The molecule has 5 rings (SSSR count). The molecule has 0 N–H and O–H groups in total. The molecule has 1 fully saturated rings. The minimum Gasteiger partial charge on any atom is -0.355 e. The summed E-state index contributed by atoms with van der Waals surface area (Å²) in [4.78, 5) is 16.9. The molecule has 0 saturated carbocycles. The molecule has 0 spiro atoms. The number of rotatable bonds is 3. The second-order valence-corrected chi connectivity index (χ2v) is 8.25. The van der Waals surface area contributed by atoms with Gasteiger partial charge in [0.25, 0.3) is 0 Å². The zero-order chi connectivity index (χ0) is 18.2. The highest BCUT2D eigenvalue weighted by Gasteiger charge is 2.23. The molecule has 1 aliphatic rings. The van der Waals surface area contributed by atoms with Gasteiger partial charge in [0.15, 0.2) is 0 Å². The summed E-state index contributed by atoms with van der Waals surface area (Å²) in [5.74, 6) is 1.05. The highest BCUT2D eigenvalue weighted by Crippen LogP contribution is 2.38. The van der Waals surface area contributed by atoms with Gasteiger partial charge in [-0.2, -0.15) is 0 Å². The van der Waals surface area contributed by atoms with Crippen molar-refractivity contribution >= 4 is 39.0 Å². The van der Waals surface area contributed by atoms with E-state index in [2.05, 4.69) is 48.8 Å². The van der Waals surface area contributed by atoms with Crippen LogP contribution in [0.15, 0.2) is 55.4 Å². The number of imidazole rings is 1. The molecule has 0 aliphatic carbocycles. The summed E-state index contributed by atoms with van der Waals surface area (Å²) in [6.45, 7) is 1.98. The Hall–Kier alpha value is -2.44. The summed E-state index contributed by atoms with van der Waals surface area (Å²) in [5, 5.41) is 0.751. The van der Waals surface area contributed by atoms with Crippen LogP contribution in [-0.2, 0) is 0 Å². The molecule has 0 amide bonds. The zero-order valence-corrected chi connectivity index (χ0v) is 16.2. The molecule has 7 heteroatoms. The summed E-state index contributed by atoms with van der Waals surface area (Å²) < 4.78 is 3.37. The number of benzene rings is 1. The van der Waals surface area contributed by atoms with Crippen LogP contribution >= 0.6 is 22.9 Å². The molecule has 1 saturated heterocycles. The van der Waals surface area contributed by atoms with E-state index in [4.69, 9.17) is 11.6 Å². The molecule has 3 aromatic heterocycles. The van der Waals surface area contributed by atoms with E-state index in [0.29, 0.717) is 6.04 Å². The standard InChI is InChI=1S/C20H18ClN5S/c21-15-3-1-14(2-4-15)18-11-17-19(27-18)20(24-12-23-17)25-8-5-16(6-9-25)26-10-7-22-13-26/h1-4,7,10-13,16H,5-6,8-9H2. The molecular formula is C20H18ClN5S. The molecule has 0 unspecified atom stereocenters. The van der Waals surface area contributed by atoms with Gasteiger partial charge in [-0.1, -0.05) is 23.7 Å². The van der Waals surface area contributed by atoms with Crippen molar-refractivity contribution in [3.05, 3.63) is 60.4 Å². The molecule has 1 aromatic carbocycles. The van der Waals surface area contributed by atoms with E-state index in [9.17, 15) is 0 Å². The Labute approximate surface area is 166 Å². The average molecular weight is 396 g/mol. The summed E-state index contributed by atoms with van der Waals surface area (Å²) in [5.41, 5.74) is 2.17. The van der Waals surface area contributed by atoms with Crippen molar-refractivity contribution < 1.29 is 0 Å². The van der Waals surface area contributed by atoms with Crippen molar-refractivity contribution in [3.63, 3.8) is 0 Å². The second-order valence-electron chi connectivity index (χ2n) is 6.76. The first kappa shape index (κ1) is 16.7.